The Kier molecular flexibility index (Phi) is 3.77. The van der Waals surface area contributed by atoms with Crippen molar-refractivity contribution in [3.05, 3.63) is 47.6 Å². The van der Waals surface area contributed by atoms with Crippen molar-refractivity contribution in [2.24, 2.45) is 0 Å². The average molecular weight is 275 g/mol. The van der Waals surface area contributed by atoms with Gasteiger partial charge >= 0.3 is 0 Å². The second kappa shape index (κ2) is 5.70. The third kappa shape index (κ3) is 2.58. The molecule has 1 fully saturated rings. The number of aromatic nitrogens is 2. The molecule has 3 atom stereocenters. The highest BCUT2D eigenvalue weighted by Gasteiger charge is 2.29. The van der Waals surface area contributed by atoms with E-state index in [-0.39, 0.29) is 18.2 Å². The molecule has 1 aromatic carbocycles. The Morgan fingerprint density at radius 3 is 2.85 bits per heavy atom. The maximum absolute atomic E-state index is 9.52. The van der Waals surface area contributed by atoms with Crippen molar-refractivity contribution in [2.45, 2.75) is 24.7 Å². The zero-order valence-electron chi connectivity index (χ0n) is 11.2. The molecule has 2 N–H and O–H groups in total. The molecule has 2 heterocycles. The molecule has 0 spiro atoms. The van der Waals surface area contributed by atoms with Gasteiger partial charge in [-0.2, -0.15) is 4.98 Å². The van der Waals surface area contributed by atoms with Crippen LogP contribution in [-0.4, -0.2) is 35.0 Å². The lowest BCUT2D eigenvalue weighted by molar-refractivity contribution is 0.126. The van der Waals surface area contributed by atoms with Crippen LogP contribution in [0.4, 0.5) is 0 Å². The SMILES string of the molecule is COC(c1ccccc1)c1noc([C@H]2C[C@H](O)CN2)n1. The van der Waals surface area contributed by atoms with Gasteiger partial charge in [0, 0.05) is 13.7 Å². The summed E-state index contributed by atoms with van der Waals surface area (Å²) in [5, 5.41) is 16.7. The molecule has 0 amide bonds. The molecule has 6 heteroatoms. The fourth-order valence-electron chi connectivity index (χ4n) is 2.42. The monoisotopic (exact) mass is 275 g/mol. The van der Waals surface area contributed by atoms with Gasteiger partial charge in [0.1, 0.15) is 6.10 Å². The largest absolute Gasteiger partial charge is 0.392 e. The molecule has 20 heavy (non-hydrogen) atoms. The predicted octanol–water partition coefficient (Wildman–Crippen LogP) is 1.20. The second-order valence-electron chi connectivity index (χ2n) is 4.87. The fourth-order valence-corrected chi connectivity index (χ4v) is 2.42. The molecule has 1 saturated heterocycles. The second-order valence-corrected chi connectivity index (χ2v) is 4.87. The van der Waals surface area contributed by atoms with Crippen molar-refractivity contribution in [3.63, 3.8) is 0 Å². The molecule has 106 valence electrons. The molecule has 0 bridgehead atoms. The van der Waals surface area contributed by atoms with Crippen molar-refractivity contribution in [3.8, 4) is 0 Å². The summed E-state index contributed by atoms with van der Waals surface area (Å²) in [4.78, 5) is 4.40. The van der Waals surface area contributed by atoms with Gasteiger partial charge in [-0.15, -0.1) is 0 Å². The highest BCUT2D eigenvalue weighted by atomic mass is 16.5. The molecule has 0 radical (unpaired) electrons. The molecule has 1 unspecified atom stereocenters. The Hall–Kier alpha value is -1.76. The highest BCUT2D eigenvalue weighted by molar-refractivity contribution is 5.22. The summed E-state index contributed by atoms with van der Waals surface area (Å²) >= 11 is 0. The van der Waals surface area contributed by atoms with Crippen molar-refractivity contribution >= 4 is 0 Å². The minimum atomic E-state index is -0.359. The lowest BCUT2D eigenvalue weighted by Crippen LogP contribution is -2.15. The lowest BCUT2D eigenvalue weighted by atomic mass is 10.1. The zero-order valence-corrected chi connectivity index (χ0v) is 11.2. The van der Waals surface area contributed by atoms with Gasteiger partial charge in [-0.3, -0.25) is 0 Å². The summed E-state index contributed by atoms with van der Waals surface area (Å²) in [5.41, 5.74) is 0.974. The number of rotatable bonds is 4. The van der Waals surface area contributed by atoms with Gasteiger partial charge in [0.05, 0.1) is 12.1 Å². The van der Waals surface area contributed by atoms with Gasteiger partial charge < -0.3 is 19.7 Å². The standard InChI is InChI=1S/C14H17N3O3/c1-19-12(9-5-3-2-4-6-9)13-16-14(20-17-13)11-7-10(18)8-15-11/h2-6,10-12,15,18H,7-8H2,1H3/t10-,11+,12?/m0/s1. The van der Waals surface area contributed by atoms with Crippen molar-refractivity contribution in [1.82, 2.24) is 15.5 Å². The number of nitrogens with zero attached hydrogens (tertiary/aromatic N) is 2. The number of aliphatic hydroxyl groups excluding tert-OH is 1. The Morgan fingerprint density at radius 1 is 1.40 bits per heavy atom. The van der Waals surface area contributed by atoms with Gasteiger partial charge in [-0.1, -0.05) is 35.5 Å². The highest BCUT2D eigenvalue weighted by Crippen LogP contribution is 2.26. The number of ether oxygens (including phenoxy) is 1. The zero-order chi connectivity index (χ0) is 13.9. The van der Waals surface area contributed by atoms with Crippen molar-refractivity contribution in [2.75, 3.05) is 13.7 Å². The van der Waals surface area contributed by atoms with Gasteiger partial charge in [0.15, 0.2) is 0 Å². The minimum absolute atomic E-state index is 0.0838. The van der Waals surface area contributed by atoms with Gasteiger partial charge in [0.25, 0.3) is 0 Å². The number of benzene rings is 1. The van der Waals surface area contributed by atoms with E-state index in [0.29, 0.717) is 24.7 Å². The number of aliphatic hydroxyl groups is 1. The van der Waals surface area contributed by atoms with Crippen molar-refractivity contribution < 1.29 is 14.4 Å². The quantitative estimate of drug-likeness (QED) is 0.872. The molecule has 1 aliphatic heterocycles. The van der Waals surface area contributed by atoms with E-state index in [2.05, 4.69) is 15.5 Å². The molecule has 1 aliphatic rings. The third-order valence-electron chi connectivity index (χ3n) is 3.44. The van der Waals surface area contributed by atoms with Gasteiger partial charge in [0.2, 0.25) is 11.7 Å². The van der Waals surface area contributed by atoms with Gasteiger partial charge in [-0.05, 0) is 12.0 Å². The Balaban J connectivity index is 1.81. The van der Waals surface area contributed by atoms with Crippen molar-refractivity contribution in [1.29, 1.82) is 0 Å². The van der Waals surface area contributed by atoms with Crippen LogP contribution in [0.3, 0.4) is 0 Å². The molecule has 2 aromatic rings. The first-order valence-corrected chi connectivity index (χ1v) is 6.60. The first-order valence-electron chi connectivity index (χ1n) is 6.60. The summed E-state index contributed by atoms with van der Waals surface area (Å²) in [6.45, 7) is 0.550. The van der Waals surface area contributed by atoms with E-state index in [1.54, 1.807) is 7.11 Å². The van der Waals surface area contributed by atoms with Gasteiger partial charge in [-0.25, -0.2) is 0 Å². The number of hydrogen-bond donors (Lipinski definition) is 2. The van der Waals surface area contributed by atoms with Crippen LogP contribution in [0.2, 0.25) is 0 Å². The van der Waals surface area contributed by atoms with Crippen LogP contribution in [0.1, 0.15) is 35.8 Å². The maximum atomic E-state index is 9.52. The summed E-state index contributed by atoms with van der Waals surface area (Å²) in [7, 11) is 1.62. The molecule has 1 aromatic heterocycles. The molecule has 0 saturated carbocycles. The number of hydrogen-bond acceptors (Lipinski definition) is 6. The minimum Gasteiger partial charge on any atom is -0.392 e. The van der Waals surface area contributed by atoms with E-state index >= 15 is 0 Å². The van der Waals surface area contributed by atoms with Crippen LogP contribution in [0.25, 0.3) is 0 Å². The Bertz CT molecular complexity index is 558. The van der Waals surface area contributed by atoms with Crippen LogP contribution in [0, 0.1) is 0 Å². The third-order valence-corrected chi connectivity index (χ3v) is 3.44. The lowest BCUT2D eigenvalue weighted by Gasteiger charge is -2.11. The average Bonchev–Trinajstić information content (AvgIpc) is 3.10. The van der Waals surface area contributed by atoms with E-state index in [1.807, 2.05) is 30.3 Å². The number of nitrogens with one attached hydrogen (secondary N) is 1. The fraction of sp³-hybridized carbons (Fsp3) is 0.429. The first kappa shape index (κ1) is 13.2. The predicted molar refractivity (Wildman–Crippen MR) is 71.0 cm³/mol. The summed E-state index contributed by atoms with van der Waals surface area (Å²) < 4.78 is 10.8. The molecular weight excluding hydrogens is 258 g/mol. The first-order chi connectivity index (χ1) is 9.78. The molecule has 3 rings (SSSR count). The maximum Gasteiger partial charge on any atom is 0.243 e. The van der Waals surface area contributed by atoms with E-state index in [0.717, 1.165) is 5.56 Å². The van der Waals surface area contributed by atoms with E-state index in [4.69, 9.17) is 9.26 Å². The number of β-amino-alcohol motifs (C(OH)–C–C–N with tert-alkyl or cyclic N) is 1. The normalized spacial score (nSPS) is 23.9. The number of methoxy groups -OCH3 is 1. The molecular formula is C14H17N3O3. The summed E-state index contributed by atoms with van der Waals surface area (Å²) in [6, 6.07) is 9.67. The van der Waals surface area contributed by atoms with Crippen LogP contribution in [0.5, 0.6) is 0 Å². The van der Waals surface area contributed by atoms with Crippen LogP contribution >= 0.6 is 0 Å². The van der Waals surface area contributed by atoms with E-state index in [1.165, 1.54) is 0 Å². The van der Waals surface area contributed by atoms with Crippen LogP contribution < -0.4 is 5.32 Å². The van der Waals surface area contributed by atoms with E-state index in [9.17, 15) is 5.11 Å². The summed E-state index contributed by atoms with van der Waals surface area (Å²) in [6.07, 6.45) is -0.118. The molecule has 6 nitrogen and oxygen atoms in total. The topological polar surface area (TPSA) is 80.4 Å². The Morgan fingerprint density at radius 2 is 2.20 bits per heavy atom. The molecule has 0 aliphatic carbocycles. The Labute approximate surface area is 116 Å². The van der Waals surface area contributed by atoms with Crippen LogP contribution in [-0.2, 0) is 4.74 Å². The van der Waals surface area contributed by atoms with E-state index < -0.39 is 0 Å². The smallest absolute Gasteiger partial charge is 0.243 e. The van der Waals surface area contributed by atoms with Crippen LogP contribution in [0.15, 0.2) is 34.9 Å². The summed E-state index contributed by atoms with van der Waals surface area (Å²) in [5.74, 6) is 0.992.